The number of benzene rings is 1. The van der Waals surface area contributed by atoms with Crippen LogP contribution in [0.2, 0.25) is 0 Å². The number of nitrogens with one attached hydrogen (secondary N) is 4. The number of phenolic OH excluding ortho intramolecular Hbond substituents is 1. The van der Waals surface area contributed by atoms with Crippen LogP contribution in [0.1, 0.15) is 135 Å². The number of anilines is 1. The van der Waals surface area contributed by atoms with Gasteiger partial charge in [0.2, 0.25) is 23.6 Å². The third kappa shape index (κ3) is 20.6. The number of carbonyl (C=O) groups is 10. The smallest absolute Gasteiger partial charge is 0.306 e. The highest BCUT2D eigenvalue weighted by molar-refractivity contribution is 8.18. The third-order valence-corrected chi connectivity index (χ3v) is 17.3. The second-order valence-corrected chi connectivity index (χ2v) is 25.2. The molecular weight excluding hydrogens is 1070 g/mol. The Kier molecular flexibility index (Phi) is 26.1. The van der Waals surface area contributed by atoms with Gasteiger partial charge in [0.05, 0.1) is 38.8 Å². The van der Waals surface area contributed by atoms with Crippen molar-refractivity contribution in [3.8, 4) is 5.75 Å². The minimum Gasteiger partial charge on any atom is -0.506 e. The van der Waals surface area contributed by atoms with Gasteiger partial charge >= 0.3 is 11.9 Å². The van der Waals surface area contributed by atoms with E-state index in [9.17, 15) is 58.2 Å². The van der Waals surface area contributed by atoms with Crippen molar-refractivity contribution < 1.29 is 67.4 Å². The fraction of sp³-hybridized carbons (Fsp3) is 0.589. The van der Waals surface area contributed by atoms with Crippen molar-refractivity contribution in [2.24, 2.45) is 29.6 Å². The summed E-state index contributed by atoms with van der Waals surface area (Å²) in [6, 6.07) is 0.644. The number of aromatic nitrogens is 1. The number of quaternary nitrogens is 1. The molecule has 1 aromatic carbocycles. The predicted octanol–water partition coefficient (Wildman–Crippen LogP) is 6.83. The first-order valence-corrected chi connectivity index (χ1v) is 29.4. The Morgan fingerprint density at radius 3 is 2.16 bits per heavy atom. The van der Waals surface area contributed by atoms with Gasteiger partial charge in [-0.25, -0.2) is 4.98 Å². The van der Waals surface area contributed by atoms with Crippen molar-refractivity contribution in [3.63, 3.8) is 0 Å². The largest absolute Gasteiger partial charge is 0.506 e. The summed E-state index contributed by atoms with van der Waals surface area (Å²) in [6.07, 6.45) is 1.77. The number of thioether (sulfide) groups is 2. The van der Waals surface area contributed by atoms with E-state index in [-0.39, 0.29) is 79.2 Å². The van der Waals surface area contributed by atoms with E-state index in [1.807, 2.05) is 62.7 Å². The quantitative estimate of drug-likeness (QED) is 0.0304. The molecule has 0 radical (unpaired) electrons. The number of carboxylic acid groups (broad SMARTS) is 1. The second-order valence-electron chi connectivity index (χ2n) is 22.1. The summed E-state index contributed by atoms with van der Waals surface area (Å²) in [6.45, 7) is 17.2. The molecule has 0 bridgehead atoms. The molecule has 2 aromatic rings. The Morgan fingerprint density at radius 2 is 1.57 bits per heavy atom. The van der Waals surface area contributed by atoms with Gasteiger partial charge in [0.15, 0.2) is 29.0 Å². The number of aliphatic carboxylic acids is 1. The van der Waals surface area contributed by atoms with E-state index in [1.54, 1.807) is 28.8 Å². The SMILES string of the molecule is CC[C@H](C)[C@H](CC(=O)C(C)(C)[N+](C)(C)C)C(=O)N(C)[C@H](C[C@@H](OC(C)=O)c1nc(C(=O)N[C@@H](Cc2ccc(O)c(NC(=O)[C@H](C)CC(=O)[C@H](C)NC(=O)C3CC(=O)/C=C/SCS/C=C/C(=O)N3)c2)CC(C)C(=O)O)cs1)C(C)C. The third-order valence-electron chi connectivity index (χ3n) is 14.7. The van der Waals surface area contributed by atoms with E-state index < -0.39 is 101 Å². The molecule has 0 saturated carbocycles. The lowest BCUT2D eigenvalue weighted by Crippen LogP contribution is -2.58. The van der Waals surface area contributed by atoms with E-state index >= 15 is 0 Å². The van der Waals surface area contributed by atoms with E-state index in [1.165, 1.54) is 80.9 Å². The fourth-order valence-corrected chi connectivity index (χ4v) is 10.7. The number of ether oxygens (including phenoxy) is 1. The molecule has 9 atom stereocenters. The van der Waals surface area contributed by atoms with Gasteiger partial charge in [-0.3, -0.25) is 47.9 Å². The van der Waals surface area contributed by atoms with Crippen molar-refractivity contribution in [1.82, 2.24) is 25.8 Å². The van der Waals surface area contributed by atoms with E-state index in [4.69, 9.17) is 4.74 Å². The number of carbonyl (C=O) groups excluding carboxylic acids is 9. The molecule has 5 amide bonds. The van der Waals surface area contributed by atoms with Crippen LogP contribution in [-0.2, 0) is 54.3 Å². The van der Waals surface area contributed by atoms with Crippen molar-refractivity contribution in [2.45, 2.75) is 150 Å². The minimum atomic E-state index is -1.27. The average Bonchev–Trinajstić information content (AvgIpc) is 3.86. The number of hydrogen-bond acceptors (Lipinski definition) is 16. The lowest BCUT2D eigenvalue weighted by Gasteiger charge is -2.41. The van der Waals surface area contributed by atoms with Crippen LogP contribution >= 0.6 is 34.9 Å². The molecule has 0 fully saturated rings. The molecule has 436 valence electrons. The standard InChI is InChI=1S/C56H81N7O13S3/c1-15-32(4)40(27-48(68)56(9,10)63(12,13)14)54(73)62(11)44(31(2)3)28-47(76-36(8)64)53-61-43(29-79-53)52(72)58-38(22-34(6)55(74)75)24-37-16-17-45(66)41(25-37)60-50(70)33(5)23-46(67)35(7)57-51(71)42-26-39(65)18-20-77-30-78-21-19-49(69)59-42/h16-21,25,29,31-35,38,40,42,44,47H,15,22-24,26-28,30H2,1-14H3,(H5-,57,58,59,60,66,69,70,71,72,74,75)/p+1/b20-18+,21-19+/t32-,33+,34?,35-,38+,40-,42?,44+,47+/m0/s1. The lowest BCUT2D eigenvalue weighted by atomic mass is 9.80. The number of thiazole rings is 1. The van der Waals surface area contributed by atoms with Crippen LogP contribution in [-0.4, -0.2) is 146 Å². The van der Waals surface area contributed by atoms with Crippen LogP contribution in [0.5, 0.6) is 5.75 Å². The topological polar surface area (TPSA) is 285 Å². The van der Waals surface area contributed by atoms with Crippen LogP contribution in [0.25, 0.3) is 0 Å². The maximum atomic E-state index is 14.5. The number of nitrogens with zero attached hydrogens (tertiary/aromatic N) is 3. The molecule has 20 nitrogen and oxygen atoms in total. The molecule has 0 saturated heterocycles. The molecular formula is C56H82N7O13S3+. The van der Waals surface area contributed by atoms with Crippen molar-refractivity contribution in [3.05, 3.63) is 62.8 Å². The molecule has 23 heteroatoms. The summed E-state index contributed by atoms with van der Waals surface area (Å²) in [5.41, 5.74) is -0.326. The molecule has 0 aliphatic carbocycles. The zero-order chi connectivity index (χ0) is 59.7. The number of carboxylic acids is 1. The molecule has 1 aromatic heterocycles. The number of likely N-dealkylation sites (N-methyl/N-ethyl adjacent to an activating group) is 1. The summed E-state index contributed by atoms with van der Waals surface area (Å²) in [5.74, 6) is -8.59. The van der Waals surface area contributed by atoms with Crippen LogP contribution in [0.15, 0.2) is 46.5 Å². The maximum Gasteiger partial charge on any atom is 0.306 e. The van der Waals surface area contributed by atoms with E-state index in [2.05, 4.69) is 26.3 Å². The molecule has 3 rings (SSSR count). The highest BCUT2D eigenvalue weighted by Gasteiger charge is 2.44. The van der Waals surface area contributed by atoms with Crippen LogP contribution in [0, 0.1) is 29.6 Å². The van der Waals surface area contributed by atoms with Gasteiger partial charge in [-0.1, -0.05) is 54.0 Å². The van der Waals surface area contributed by atoms with Gasteiger partial charge in [0.1, 0.15) is 22.5 Å². The Labute approximate surface area is 477 Å². The monoisotopic (exact) mass is 1160 g/mol. The van der Waals surface area contributed by atoms with Crippen LogP contribution in [0.4, 0.5) is 5.69 Å². The first-order valence-electron chi connectivity index (χ1n) is 26.4. The highest BCUT2D eigenvalue weighted by atomic mass is 32.2. The molecule has 2 unspecified atom stereocenters. The zero-order valence-electron chi connectivity index (χ0n) is 48.0. The summed E-state index contributed by atoms with van der Waals surface area (Å²) < 4.78 is 6.20. The lowest BCUT2D eigenvalue weighted by molar-refractivity contribution is -0.908. The Hall–Kier alpha value is -5.91. The maximum absolute atomic E-state index is 14.5. The van der Waals surface area contributed by atoms with Crippen molar-refractivity contribution in [1.29, 1.82) is 0 Å². The zero-order valence-corrected chi connectivity index (χ0v) is 50.5. The minimum absolute atomic E-state index is 0.0253. The number of rotatable bonds is 27. The van der Waals surface area contributed by atoms with Gasteiger partial charge in [0.25, 0.3) is 5.91 Å². The van der Waals surface area contributed by atoms with Gasteiger partial charge in [-0.05, 0) is 80.0 Å². The Morgan fingerprint density at radius 1 is 0.924 bits per heavy atom. The first-order chi connectivity index (χ1) is 36.8. The first kappa shape index (κ1) is 67.4. The number of aromatic hydroxyl groups is 1. The normalized spacial score (nSPS) is 18.3. The van der Waals surface area contributed by atoms with Gasteiger partial charge in [0, 0.05) is 80.1 Å². The number of amides is 5. The molecule has 0 spiro atoms. The molecule has 2 heterocycles. The number of phenols is 1. The summed E-state index contributed by atoms with van der Waals surface area (Å²) in [4.78, 5) is 138. The summed E-state index contributed by atoms with van der Waals surface area (Å²) in [5, 5.41) is 36.8. The molecule has 79 heavy (non-hydrogen) atoms. The van der Waals surface area contributed by atoms with Crippen LogP contribution in [0.3, 0.4) is 0 Å². The van der Waals surface area contributed by atoms with Gasteiger partial charge in [-0.2, -0.15) is 0 Å². The predicted molar refractivity (Wildman–Crippen MR) is 307 cm³/mol. The number of ketones is 3. The number of hydrogen-bond donors (Lipinski definition) is 6. The van der Waals surface area contributed by atoms with Crippen LogP contribution < -0.4 is 21.3 Å². The van der Waals surface area contributed by atoms with Gasteiger partial charge < -0.3 is 45.6 Å². The van der Waals surface area contributed by atoms with E-state index in [0.29, 0.717) is 26.6 Å². The Bertz CT molecular complexity index is 2560. The Balaban J connectivity index is 1.79. The fourth-order valence-electron chi connectivity index (χ4n) is 8.45. The number of Topliss-reactive ketones (excluding diaryl/α,β-unsaturated/α-hetero) is 2. The average molecular weight is 1160 g/mol. The van der Waals surface area contributed by atoms with Crippen molar-refractivity contribution >= 4 is 99.4 Å². The second kappa shape index (κ2) is 30.6. The van der Waals surface area contributed by atoms with Gasteiger partial charge in [-0.15, -0.1) is 34.9 Å². The van der Waals surface area contributed by atoms with Crippen molar-refractivity contribution in [2.75, 3.05) is 38.6 Å². The molecule has 1 aliphatic rings. The highest BCUT2D eigenvalue weighted by Crippen LogP contribution is 2.34. The molecule has 1 aliphatic heterocycles. The number of allylic oxidation sites excluding steroid dienone is 1. The summed E-state index contributed by atoms with van der Waals surface area (Å²) >= 11 is 3.76. The number of esters is 1. The molecule has 6 N–H and O–H groups in total. The summed E-state index contributed by atoms with van der Waals surface area (Å²) in [7, 11) is 7.53. The van der Waals surface area contributed by atoms with E-state index in [0.717, 1.165) is 11.3 Å².